The van der Waals surface area contributed by atoms with Crippen molar-refractivity contribution >= 4 is 23.6 Å². The van der Waals surface area contributed by atoms with E-state index in [4.69, 9.17) is 16.3 Å². The topological polar surface area (TPSA) is 47.4 Å². The highest BCUT2D eigenvalue weighted by atomic mass is 35.5. The third-order valence-electron chi connectivity index (χ3n) is 5.24. The second-order valence-corrected chi connectivity index (χ2v) is 7.52. The molecule has 2 aromatic rings. The van der Waals surface area contributed by atoms with Gasteiger partial charge in [-0.25, -0.2) is 0 Å². The molecule has 6 heteroatoms. The van der Waals surface area contributed by atoms with Gasteiger partial charge in [-0.2, -0.15) is 5.10 Å². The number of methoxy groups -OCH3 is 1. The van der Waals surface area contributed by atoms with Crippen LogP contribution >= 0.6 is 11.6 Å². The van der Waals surface area contributed by atoms with Crippen molar-refractivity contribution in [2.45, 2.75) is 52.1 Å². The first-order chi connectivity index (χ1) is 13.5. The SMILES string of the molecule is CCCCn1nc(C)c(/C=C/C(=O)N2CCCC2c2cccc(OC)c2)c1Cl. The van der Waals surface area contributed by atoms with Crippen LogP contribution in [0.5, 0.6) is 5.75 Å². The maximum absolute atomic E-state index is 12.9. The summed E-state index contributed by atoms with van der Waals surface area (Å²) in [6, 6.07) is 8.04. The lowest BCUT2D eigenvalue weighted by molar-refractivity contribution is -0.126. The first kappa shape index (κ1) is 20.5. The van der Waals surface area contributed by atoms with Crippen LogP contribution in [0.15, 0.2) is 30.3 Å². The molecule has 1 aromatic heterocycles. The number of amides is 1. The fraction of sp³-hybridized carbons (Fsp3) is 0.455. The largest absolute Gasteiger partial charge is 0.497 e. The summed E-state index contributed by atoms with van der Waals surface area (Å²) in [5, 5.41) is 5.10. The van der Waals surface area contributed by atoms with E-state index in [0.29, 0.717) is 5.15 Å². The molecule has 1 aliphatic rings. The summed E-state index contributed by atoms with van der Waals surface area (Å²) < 4.78 is 7.15. The molecule has 1 saturated heterocycles. The molecule has 1 unspecified atom stereocenters. The van der Waals surface area contributed by atoms with Gasteiger partial charge in [0.05, 0.1) is 18.8 Å². The molecule has 0 radical (unpaired) electrons. The monoisotopic (exact) mass is 401 g/mol. The Bertz CT molecular complexity index is 859. The Morgan fingerprint density at radius 3 is 3.00 bits per heavy atom. The average molecular weight is 402 g/mol. The van der Waals surface area contributed by atoms with Crippen LogP contribution in [0.3, 0.4) is 0 Å². The van der Waals surface area contributed by atoms with Gasteiger partial charge in [0, 0.05) is 24.7 Å². The van der Waals surface area contributed by atoms with Gasteiger partial charge in [-0.1, -0.05) is 37.1 Å². The highest BCUT2D eigenvalue weighted by Gasteiger charge is 2.29. The number of benzene rings is 1. The quantitative estimate of drug-likeness (QED) is 0.611. The van der Waals surface area contributed by atoms with E-state index >= 15 is 0 Å². The molecular formula is C22H28ClN3O2. The van der Waals surface area contributed by atoms with E-state index in [0.717, 1.165) is 61.3 Å². The number of aromatic nitrogens is 2. The minimum absolute atomic E-state index is 0.00194. The number of aryl methyl sites for hydroxylation is 2. The smallest absolute Gasteiger partial charge is 0.247 e. The number of ether oxygens (including phenoxy) is 1. The molecule has 150 valence electrons. The maximum atomic E-state index is 12.9. The van der Waals surface area contributed by atoms with Crippen LogP contribution in [0.2, 0.25) is 5.15 Å². The van der Waals surface area contributed by atoms with E-state index in [2.05, 4.69) is 18.1 Å². The second kappa shape index (κ2) is 9.28. The molecule has 1 amide bonds. The van der Waals surface area contributed by atoms with Gasteiger partial charge in [-0.15, -0.1) is 0 Å². The number of likely N-dealkylation sites (tertiary alicyclic amines) is 1. The number of unbranched alkanes of at least 4 members (excludes halogenated alkanes) is 1. The zero-order valence-corrected chi connectivity index (χ0v) is 17.6. The standard InChI is InChI=1S/C22H28ClN3O2/c1-4-5-14-26-22(23)19(16(2)24-26)11-12-21(27)25-13-7-10-20(25)17-8-6-9-18(15-17)28-3/h6,8-9,11-12,15,20H,4-5,7,10,13-14H2,1-3H3/b12-11+. The Balaban J connectivity index is 1.76. The molecule has 5 nitrogen and oxygen atoms in total. The number of hydrogen-bond acceptors (Lipinski definition) is 3. The molecule has 1 fully saturated rings. The van der Waals surface area contributed by atoms with Crippen LogP contribution in [0.1, 0.15) is 55.5 Å². The lowest BCUT2D eigenvalue weighted by Gasteiger charge is -2.24. The number of nitrogens with zero attached hydrogens (tertiary/aromatic N) is 3. The van der Waals surface area contributed by atoms with E-state index in [1.165, 1.54) is 0 Å². The van der Waals surface area contributed by atoms with Crippen LogP contribution in [0.4, 0.5) is 0 Å². The zero-order chi connectivity index (χ0) is 20.1. The van der Waals surface area contributed by atoms with Crippen LogP contribution in [0, 0.1) is 6.92 Å². The Morgan fingerprint density at radius 1 is 1.43 bits per heavy atom. The molecule has 0 aliphatic carbocycles. The molecule has 0 bridgehead atoms. The lowest BCUT2D eigenvalue weighted by atomic mass is 10.0. The molecule has 2 heterocycles. The molecule has 1 atom stereocenters. The van der Waals surface area contributed by atoms with Gasteiger partial charge < -0.3 is 9.64 Å². The first-order valence-electron chi connectivity index (χ1n) is 9.90. The third-order valence-corrected chi connectivity index (χ3v) is 5.64. The van der Waals surface area contributed by atoms with Crippen molar-refractivity contribution in [3.8, 4) is 5.75 Å². The van der Waals surface area contributed by atoms with Crippen molar-refractivity contribution in [2.75, 3.05) is 13.7 Å². The molecule has 1 aliphatic heterocycles. The average Bonchev–Trinajstić information content (AvgIpc) is 3.30. The zero-order valence-electron chi connectivity index (χ0n) is 16.8. The molecule has 0 saturated carbocycles. The van der Waals surface area contributed by atoms with Crippen molar-refractivity contribution in [3.05, 3.63) is 52.3 Å². The third kappa shape index (κ3) is 4.41. The number of rotatable bonds is 7. The summed E-state index contributed by atoms with van der Waals surface area (Å²) in [5.41, 5.74) is 2.78. The number of carbonyl (C=O) groups excluding carboxylic acids is 1. The van der Waals surface area contributed by atoms with Gasteiger partial charge in [-0.05, 0) is 50.0 Å². The van der Waals surface area contributed by atoms with Crippen molar-refractivity contribution < 1.29 is 9.53 Å². The highest BCUT2D eigenvalue weighted by Crippen LogP contribution is 2.34. The molecule has 28 heavy (non-hydrogen) atoms. The summed E-state index contributed by atoms with van der Waals surface area (Å²) in [7, 11) is 1.66. The fourth-order valence-electron chi connectivity index (χ4n) is 3.69. The Labute approximate surface area is 171 Å². The Morgan fingerprint density at radius 2 is 2.25 bits per heavy atom. The van der Waals surface area contributed by atoms with Crippen LogP contribution in [0.25, 0.3) is 6.08 Å². The second-order valence-electron chi connectivity index (χ2n) is 7.17. The van der Waals surface area contributed by atoms with Gasteiger partial charge >= 0.3 is 0 Å². The van der Waals surface area contributed by atoms with Crippen molar-refractivity contribution in [2.24, 2.45) is 0 Å². The van der Waals surface area contributed by atoms with E-state index in [1.54, 1.807) is 19.3 Å². The number of hydrogen-bond donors (Lipinski definition) is 0. The molecular weight excluding hydrogens is 374 g/mol. The first-order valence-corrected chi connectivity index (χ1v) is 10.3. The van der Waals surface area contributed by atoms with Gasteiger partial charge in [0.2, 0.25) is 5.91 Å². The number of carbonyl (C=O) groups is 1. The normalized spacial score (nSPS) is 16.9. The van der Waals surface area contributed by atoms with Gasteiger partial charge in [0.1, 0.15) is 10.9 Å². The van der Waals surface area contributed by atoms with E-state index in [1.807, 2.05) is 34.7 Å². The molecule has 0 N–H and O–H groups in total. The van der Waals surface area contributed by atoms with E-state index < -0.39 is 0 Å². The summed E-state index contributed by atoms with van der Waals surface area (Å²) in [6.45, 7) is 5.61. The number of halogens is 1. The predicted molar refractivity (Wildman–Crippen MR) is 113 cm³/mol. The summed E-state index contributed by atoms with van der Waals surface area (Å²) in [5.74, 6) is 0.816. The lowest BCUT2D eigenvalue weighted by Crippen LogP contribution is -2.28. The molecule has 3 rings (SSSR count). The predicted octanol–water partition coefficient (Wildman–Crippen LogP) is 5.03. The van der Waals surface area contributed by atoms with Crippen LogP contribution in [-0.4, -0.2) is 34.2 Å². The van der Waals surface area contributed by atoms with Gasteiger partial charge in [0.25, 0.3) is 0 Å². The Kier molecular flexibility index (Phi) is 6.79. The summed E-state index contributed by atoms with van der Waals surface area (Å²) >= 11 is 6.48. The molecule has 0 spiro atoms. The fourth-order valence-corrected chi connectivity index (χ4v) is 4.01. The van der Waals surface area contributed by atoms with Gasteiger partial charge in [0.15, 0.2) is 0 Å². The van der Waals surface area contributed by atoms with E-state index in [-0.39, 0.29) is 11.9 Å². The summed E-state index contributed by atoms with van der Waals surface area (Å²) in [4.78, 5) is 14.8. The van der Waals surface area contributed by atoms with E-state index in [9.17, 15) is 4.79 Å². The minimum atomic E-state index is 0.00194. The minimum Gasteiger partial charge on any atom is -0.497 e. The Hall–Kier alpha value is -2.27. The van der Waals surface area contributed by atoms with Crippen molar-refractivity contribution in [3.63, 3.8) is 0 Å². The maximum Gasteiger partial charge on any atom is 0.247 e. The molecule has 1 aromatic carbocycles. The van der Waals surface area contributed by atoms with Crippen molar-refractivity contribution in [1.29, 1.82) is 0 Å². The van der Waals surface area contributed by atoms with Crippen LogP contribution in [-0.2, 0) is 11.3 Å². The highest BCUT2D eigenvalue weighted by molar-refractivity contribution is 6.31. The summed E-state index contributed by atoms with van der Waals surface area (Å²) in [6.07, 6.45) is 7.49. The van der Waals surface area contributed by atoms with Gasteiger partial charge in [-0.3, -0.25) is 9.48 Å². The van der Waals surface area contributed by atoms with Crippen LogP contribution < -0.4 is 4.74 Å². The van der Waals surface area contributed by atoms with Crippen molar-refractivity contribution in [1.82, 2.24) is 14.7 Å².